The van der Waals surface area contributed by atoms with E-state index in [2.05, 4.69) is 33.4 Å². The Kier molecular flexibility index (Phi) is 6.57. The van der Waals surface area contributed by atoms with Crippen LogP contribution in [-0.2, 0) is 16.6 Å². The summed E-state index contributed by atoms with van der Waals surface area (Å²) in [6.45, 7) is 2.51. The van der Waals surface area contributed by atoms with E-state index in [9.17, 15) is 4.79 Å². The number of amides is 1. The Labute approximate surface area is 214 Å². The van der Waals surface area contributed by atoms with E-state index in [1.807, 2.05) is 18.3 Å². The minimum absolute atomic E-state index is 0.00591. The van der Waals surface area contributed by atoms with E-state index in [-0.39, 0.29) is 11.3 Å². The monoisotopic (exact) mass is 493 g/mol. The van der Waals surface area contributed by atoms with Crippen LogP contribution in [0.1, 0.15) is 80.7 Å². The third-order valence-corrected chi connectivity index (χ3v) is 9.78. The number of H-pyrrole nitrogens is 1. The van der Waals surface area contributed by atoms with Gasteiger partial charge in [-0.3, -0.25) is 9.78 Å². The molecule has 2 N–H and O–H groups in total. The molecule has 2 aliphatic heterocycles. The van der Waals surface area contributed by atoms with E-state index in [0.717, 1.165) is 51.7 Å². The molecule has 35 heavy (non-hydrogen) atoms. The second kappa shape index (κ2) is 9.82. The Morgan fingerprint density at radius 3 is 2.83 bits per heavy atom. The fourth-order valence-electron chi connectivity index (χ4n) is 7.84. The van der Waals surface area contributed by atoms with Crippen molar-refractivity contribution in [2.75, 3.05) is 19.6 Å². The summed E-state index contributed by atoms with van der Waals surface area (Å²) >= 11 is 6.31. The van der Waals surface area contributed by atoms with Crippen LogP contribution in [0.25, 0.3) is 0 Å². The zero-order valence-corrected chi connectivity index (χ0v) is 21.4. The lowest BCUT2D eigenvalue weighted by Gasteiger charge is -2.47. The van der Waals surface area contributed by atoms with Gasteiger partial charge in [0.25, 0.3) is 5.15 Å². The number of carbonyl (C=O) groups excluding carboxylic acids is 1. The molecule has 6 rings (SSSR count). The van der Waals surface area contributed by atoms with E-state index in [1.54, 1.807) is 0 Å². The van der Waals surface area contributed by atoms with Gasteiger partial charge in [0.1, 0.15) is 0 Å². The Morgan fingerprint density at radius 2 is 2.00 bits per heavy atom. The van der Waals surface area contributed by atoms with Crippen molar-refractivity contribution in [3.63, 3.8) is 0 Å². The summed E-state index contributed by atoms with van der Waals surface area (Å²) in [5.41, 5.74) is 3.62. The molecule has 3 fully saturated rings. The summed E-state index contributed by atoms with van der Waals surface area (Å²) < 4.78 is 0. The van der Waals surface area contributed by atoms with Gasteiger partial charge in [-0.05, 0) is 74.2 Å². The summed E-state index contributed by atoms with van der Waals surface area (Å²) in [4.78, 5) is 24.9. The van der Waals surface area contributed by atoms with Crippen LogP contribution < -0.4 is 10.3 Å². The first kappa shape index (κ1) is 23.4. The van der Waals surface area contributed by atoms with E-state index < -0.39 is 0 Å². The highest BCUT2D eigenvalue weighted by Gasteiger charge is 2.53. The molecule has 6 heteroatoms. The first-order chi connectivity index (χ1) is 17.2. The molecule has 186 valence electrons. The molecule has 1 spiro atoms. The normalized spacial score (nSPS) is 31.5. The number of carbonyl (C=O) groups is 1. The molecule has 0 aromatic carbocycles. The first-order valence-electron chi connectivity index (χ1n) is 13.8. The highest BCUT2D eigenvalue weighted by Crippen LogP contribution is 2.47. The van der Waals surface area contributed by atoms with Gasteiger partial charge < -0.3 is 10.2 Å². The van der Waals surface area contributed by atoms with Crippen LogP contribution in [-0.4, -0.2) is 41.5 Å². The zero-order chi connectivity index (χ0) is 23.8. The number of fused-ring (bicyclic) bond motifs is 2. The van der Waals surface area contributed by atoms with Crippen LogP contribution in [0, 0.1) is 11.8 Å². The number of likely N-dealkylation sites (tertiary alicyclic amines) is 1. The number of aromatic amines is 1. The second-order valence-electron chi connectivity index (χ2n) is 11.4. The van der Waals surface area contributed by atoms with E-state index >= 15 is 0 Å². The topological polar surface area (TPSA) is 59.4 Å². The molecule has 1 amide bonds. The molecule has 2 aliphatic carbocycles. The lowest BCUT2D eigenvalue weighted by molar-refractivity contribution is -0.390. The zero-order valence-electron chi connectivity index (χ0n) is 20.6. The van der Waals surface area contributed by atoms with Gasteiger partial charge in [-0.15, -0.1) is 0 Å². The van der Waals surface area contributed by atoms with Crippen LogP contribution in [0.4, 0.5) is 0 Å². The highest BCUT2D eigenvalue weighted by atomic mass is 35.5. The maximum Gasteiger partial charge on any atom is 0.273 e. The maximum absolute atomic E-state index is 14.5. The fourth-order valence-corrected chi connectivity index (χ4v) is 8.02. The second-order valence-corrected chi connectivity index (χ2v) is 11.8. The molecule has 0 bridgehead atoms. The lowest BCUT2D eigenvalue weighted by atomic mass is 9.64. The van der Waals surface area contributed by atoms with Gasteiger partial charge in [0.05, 0.1) is 5.92 Å². The Balaban J connectivity index is 1.30. The van der Waals surface area contributed by atoms with Gasteiger partial charge in [0.2, 0.25) is 5.91 Å². The van der Waals surface area contributed by atoms with Gasteiger partial charge >= 0.3 is 0 Å². The largest absolute Gasteiger partial charge is 0.339 e. The van der Waals surface area contributed by atoms with Crippen molar-refractivity contribution in [1.29, 1.82) is 0 Å². The summed E-state index contributed by atoms with van der Waals surface area (Å²) in [5, 5.41) is 4.32. The molecule has 2 aromatic rings. The fraction of sp³-hybridized carbons (Fsp3) is 0.621. The number of hydrogen-bond donors (Lipinski definition) is 1. The molecule has 0 radical (unpaired) electrons. The van der Waals surface area contributed by atoms with E-state index in [1.165, 1.54) is 49.1 Å². The molecule has 1 saturated carbocycles. The third kappa shape index (κ3) is 4.29. The van der Waals surface area contributed by atoms with Crippen molar-refractivity contribution < 1.29 is 9.78 Å². The minimum atomic E-state index is -0.124. The van der Waals surface area contributed by atoms with Crippen molar-refractivity contribution in [2.45, 2.75) is 81.6 Å². The maximum atomic E-state index is 14.5. The predicted molar refractivity (Wildman–Crippen MR) is 137 cm³/mol. The van der Waals surface area contributed by atoms with Gasteiger partial charge in [-0.2, -0.15) is 4.98 Å². The number of pyridine rings is 2. The summed E-state index contributed by atoms with van der Waals surface area (Å²) in [5.74, 6) is 1.45. The molecule has 2 saturated heterocycles. The van der Waals surface area contributed by atoms with Gasteiger partial charge in [-0.25, -0.2) is 0 Å². The lowest BCUT2D eigenvalue weighted by Crippen LogP contribution is -2.55. The Morgan fingerprint density at radius 1 is 1.11 bits per heavy atom. The van der Waals surface area contributed by atoms with Crippen molar-refractivity contribution in [1.82, 2.24) is 15.2 Å². The molecule has 2 unspecified atom stereocenters. The quantitative estimate of drug-likeness (QED) is 0.630. The molecule has 4 heterocycles. The van der Waals surface area contributed by atoms with Crippen molar-refractivity contribution in [3.05, 3.63) is 58.6 Å². The molecular formula is C29H38ClN4O+. The number of aryl methyl sites for hydroxylation is 1. The highest BCUT2D eigenvalue weighted by molar-refractivity contribution is 6.28. The van der Waals surface area contributed by atoms with E-state index in [4.69, 9.17) is 16.6 Å². The molecule has 5 nitrogen and oxygen atoms in total. The average Bonchev–Trinajstić information content (AvgIpc) is 3.32. The minimum Gasteiger partial charge on any atom is -0.339 e. The first-order valence-corrected chi connectivity index (χ1v) is 14.2. The van der Waals surface area contributed by atoms with Crippen LogP contribution >= 0.6 is 11.6 Å². The van der Waals surface area contributed by atoms with Crippen molar-refractivity contribution in [2.24, 2.45) is 11.8 Å². The standard InChI is InChI=1S/C29H37ClN4O/c30-27-12-11-22-25(33-27)10-6-14-29(22)19-31-18-23(29)28(35)34-16-13-21(24-9-4-5-15-32-24)17-26(34)20-7-2-1-3-8-20/h4-5,9,11-12,15,20-21,23,26,31H,1-3,6-8,10,13-14,16-19H2/p+1/t21?,23-,26?,29-/m0/s1. The SMILES string of the molecule is O=C([C@@H]1CNC[C@]12CCCc1[nH+]c(Cl)ccc12)N1CCC(c2ccccn2)CC1C1CCCCC1. The molecule has 2 aromatic heterocycles. The van der Waals surface area contributed by atoms with Crippen molar-refractivity contribution >= 4 is 17.5 Å². The number of nitrogens with zero attached hydrogens (tertiary/aromatic N) is 2. The molecular weight excluding hydrogens is 456 g/mol. The van der Waals surface area contributed by atoms with Crippen LogP contribution in [0.5, 0.6) is 0 Å². The van der Waals surface area contributed by atoms with Crippen molar-refractivity contribution in [3.8, 4) is 0 Å². The van der Waals surface area contributed by atoms with Crippen LogP contribution in [0.2, 0.25) is 5.15 Å². The molecule has 4 aliphatic rings. The summed E-state index contributed by atoms with van der Waals surface area (Å²) in [7, 11) is 0. The number of aromatic nitrogens is 2. The average molecular weight is 494 g/mol. The van der Waals surface area contributed by atoms with Gasteiger partial charge in [0, 0.05) is 67.0 Å². The number of hydrogen-bond acceptors (Lipinski definition) is 3. The van der Waals surface area contributed by atoms with Crippen LogP contribution in [0.3, 0.4) is 0 Å². The summed E-state index contributed by atoms with van der Waals surface area (Å²) in [6.07, 6.45) is 13.6. The Bertz CT molecular complexity index is 1060. The number of rotatable bonds is 3. The van der Waals surface area contributed by atoms with Crippen LogP contribution in [0.15, 0.2) is 36.5 Å². The van der Waals surface area contributed by atoms with E-state index in [0.29, 0.717) is 28.9 Å². The third-order valence-electron chi connectivity index (χ3n) is 9.56. The number of piperidine rings is 1. The number of halogens is 1. The van der Waals surface area contributed by atoms with Gasteiger partial charge in [-0.1, -0.05) is 25.3 Å². The smallest absolute Gasteiger partial charge is 0.273 e. The number of nitrogens with one attached hydrogen (secondary N) is 2. The van der Waals surface area contributed by atoms with Gasteiger partial charge in [0.15, 0.2) is 5.69 Å². The molecule has 4 atom stereocenters. The summed E-state index contributed by atoms with van der Waals surface area (Å²) in [6, 6.07) is 10.8. The predicted octanol–water partition coefficient (Wildman–Crippen LogP) is 4.70. The Hall–Kier alpha value is -1.98.